The molecule has 0 radical (unpaired) electrons. The molecule has 1 saturated heterocycles. The van der Waals surface area contributed by atoms with Gasteiger partial charge in [-0.2, -0.15) is 0 Å². The molecule has 6 nitrogen and oxygen atoms in total. The summed E-state index contributed by atoms with van der Waals surface area (Å²) >= 11 is 0. The van der Waals surface area contributed by atoms with Crippen molar-refractivity contribution in [1.29, 1.82) is 0 Å². The van der Waals surface area contributed by atoms with Gasteiger partial charge in [-0.25, -0.2) is 4.79 Å². The van der Waals surface area contributed by atoms with Crippen LogP contribution in [-0.4, -0.2) is 28.3 Å². The molecular weight excluding hydrogens is 226 g/mol. The number of aliphatic hydroxyl groups is 1. The van der Waals surface area contributed by atoms with Crippen molar-refractivity contribution in [3.8, 4) is 0 Å². The number of nitrogens with zero attached hydrogens (tertiary/aromatic N) is 1. The normalized spacial score (nSPS) is 19.7. The van der Waals surface area contributed by atoms with Gasteiger partial charge in [0.15, 0.2) is 6.23 Å². The summed E-state index contributed by atoms with van der Waals surface area (Å²) in [5.41, 5.74) is 0. The van der Waals surface area contributed by atoms with Crippen LogP contribution in [0.2, 0.25) is 0 Å². The summed E-state index contributed by atoms with van der Waals surface area (Å²) in [5.74, 6) is -0.255. The lowest BCUT2D eigenvalue weighted by atomic mass is 10.2. The number of amides is 1. The van der Waals surface area contributed by atoms with Gasteiger partial charge >= 0.3 is 5.97 Å². The predicted molar refractivity (Wildman–Crippen MR) is 55.2 cm³/mol. The van der Waals surface area contributed by atoms with Gasteiger partial charge in [0, 0.05) is 19.3 Å². The molecule has 1 N–H and O–H groups in total. The summed E-state index contributed by atoms with van der Waals surface area (Å²) in [4.78, 5) is 27.4. The molecule has 1 unspecified atom stereocenters. The van der Waals surface area contributed by atoms with E-state index in [1.807, 2.05) is 0 Å². The summed E-state index contributed by atoms with van der Waals surface area (Å²) in [7, 11) is 0. The Morgan fingerprint density at radius 3 is 3.06 bits per heavy atom. The van der Waals surface area contributed by atoms with Gasteiger partial charge in [0.2, 0.25) is 0 Å². The SMILES string of the molecule is O=C(CCc1ccco1)ON1C(=O)CCC1O. The van der Waals surface area contributed by atoms with E-state index in [4.69, 9.17) is 9.25 Å². The van der Waals surface area contributed by atoms with E-state index in [1.165, 1.54) is 6.26 Å². The average molecular weight is 239 g/mol. The van der Waals surface area contributed by atoms with Crippen LogP contribution >= 0.6 is 0 Å². The molecule has 2 rings (SSSR count). The van der Waals surface area contributed by atoms with Crippen molar-refractivity contribution >= 4 is 11.9 Å². The Bertz CT molecular complexity index is 400. The summed E-state index contributed by atoms with van der Waals surface area (Å²) in [6.45, 7) is 0. The minimum atomic E-state index is -1.02. The van der Waals surface area contributed by atoms with Crippen LogP contribution in [0, 0.1) is 0 Å². The lowest BCUT2D eigenvalue weighted by Gasteiger charge is -2.18. The van der Waals surface area contributed by atoms with Crippen molar-refractivity contribution in [3.05, 3.63) is 24.2 Å². The highest BCUT2D eigenvalue weighted by atomic mass is 16.7. The molecule has 1 aromatic rings. The highest BCUT2D eigenvalue weighted by Crippen LogP contribution is 2.17. The number of hydroxylamine groups is 2. The van der Waals surface area contributed by atoms with Crippen LogP contribution in [0.3, 0.4) is 0 Å². The molecule has 0 saturated carbocycles. The number of carbonyl (C=O) groups excluding carboxylic acids is 2. The first-order chi connectivity index (χ1) is 8.16. The van der Waals surface area contributed by atoms with E-state index >= 15 is 0 Å². The van der Waals surface area contributed by atoms with Crippen LogP contribution in [0.25, 0.3) is 0 Å². The second-order valence-electron chi connectivity index (χ2n) is 3.78. The average Bonchev–Trinajstić information content (AvgIpc) is 2.91. The number of hydrogen-bond acceptors (Lipinski definition) is 5. The third-order valence-corrected chi connectivity index (χ3v) is 2.49. The molecule has 1 amide bonds. The Hall–Kier alpha value is -1.82. The van der Waals surface area contributed by atoms with Crippen LogP contribution in [0.4, 0.5) is 0 Å². The van der Waals surface area contributed by atoms with Gasteiger partial charge in [0.05, 0.1) is 12.7 Å². The topological polar surface area (TPSA) is 80.0 Å². The quantitative estimate of drug-likeness (QED) is 0.832. The number of hydrogen-bond donors (Lipinski definition) is 1. The number of aryl methyl sites for hydroxylation is 1. The number of furan rings is 1. The first-order valence-electron chi connectivity index (χ1n) is 5.40. The molecule has 2 heterocycles. The molecule has 1 aliphatic heterocycles. The van der Waals surface area contributed by atoms with E-state index in [2.05, 4.69) is 0 Å². The van der Waals surface area contributed by atoms with Gasteiger partial charge in [-0.15, -0.1) is 5.06 Å². The fourth-order valence-electron chi connectivity index (χ4n) is 1.59. The Morgan fingerprint density at radius 1 is 1.65 bits per heavy atom. The zero-order valence-electron chi connectivity index (χ0n) is 9.17. The Kier molecular flexibility index (Phi) is 3.43. The predicted octanol–water partition coefficient (Wildman–Crippen LogP) is 0.611. The Morgan fingerprint density at radius 2 is 2.47 bits per heavy atom. The molecule has 1 fully saturated rings. The zero-order valence-corrected chi connectivity index (χ0v) is 9.17. The monoisotopic (exact) mass is 239 g/mol. The highest BCUT2D eigenvalue weighted by molar-refractivity contribution is 5.79. The van der Waals surface area contributed by atoms with Crippen molar-refractivity contribution < 1.29 is 24.0 Å². The molecule has 6 heteroatoms. The van der Waals surface area contributed by atoms with E-state index in [1.54, 1.807) is 12.1 Å². The van der Waals surface area contributed by atoms with Gasteiger partial charge in [-0.1, -0.05) is 0 Å². The molecule has 0 aliphatic carbocycles. The maximum absolute atomic E-state index is 11.4. The molecule has 1 aromatic heterocycles. The van der Waals surface area contributed by atoms with E-state index in [-0.39, 0.29) is 18.7 Å². The molecule has 1 aliphatic rings. The fourth-order valence-corrected chi connectivity index (χ4v) is 1.59. The van der Waals surface area contributed by atoms with Crippen LogP contribution < -0.4 is 0 Å². The van der Waals surface area contributed by atoms with E-state index < -0.39 is 12.2 Å². The first kappa shape index (κ1) is 11.7. The third kappa shape index (κ3) is 2.85. The summed E-state index contributed by atoms with van der Waals surface area (Å²) < 4.78 is 5.06. The second-order valence-corrected chi connectivity index (χ2v) is 3.78. The lowest BCUT2D eigenvalue weighted by Crippen LogP contribution is -2.35. The molecule has 0 aromatic carbocycles. The van der Waals surface area contributed by atoms with Crippen LogP contribution in [0.1, 0.15) is 25.0 Å². The summed E-state index contributed by atoms with van der Waals surface area (Å²) in [6.07, 6.45) is 1.51. The van der Waals surface area contributed by atoms with E-state index in [9.17, 15) is 14.7 Å². The Labute approximate surface area is 97.7 Å². The van der Waals surface area contributed by atoms with Crippen molar-refractivity contribution in [2.45, 2.75) is 31.9 Å². The van der Waals surface area contributed by atoms with Gasteiger partial charge in [0.25, 0.3) is 5.91 Å². The first-order valence-corrected chi connectivity index (χ1v) is 5.40. The third-order valence-electron chi connectivity index (χ3n) is 2.49. The highest BCUT2D eigenvalue weighted by Gasteiger charge is 2.32. The number of carbonyl (C=O) groups is 2. The van der Waals surface area contributed by atoms with Gasteiger partial charge in [-0.3, -0.25) is 4.79 Å². The number of aliphatic hydroxyl groups excluding tert-OH is 1. The largest absolute Gasteiger partial charge is 0.469 e. The summed E-state index contributed by atoms with van der Waals surface area (Å²) in [5, 5.41) is 10.1. The molecule has 92 valence electrons. The molecule has 17 heavy (non-hydrogen) atoms. The minimum Gasteiger partial charge on any atom is -0.469 e. The van der Waals surface area contributed by atoms with E-state index in [0.29, 0.717) is 18.6 Å². The minimum absolute atomic E-state index is 0.101. The zero-order chi connectivity index (χ0) is 12.3. The maximum atomic E-state index is 11.4. The van der Waals surface area contributed by atoms with Crippen molar-refractivity contribution in [3.63, 3.8) is 0 Å². The maximum Gasteiger partial charge on any atom is 0.333 e. The van der Waals surface area contributed by atoms with Crippen molar-refractivity contribution in [1.82, 2.24) is 5.06 Å². The van der Waals surface area contributed by atoms with Crippen molar-refractivity contribution in [2.24, 2.45) is 0 Å². The van der Waals surface area contributed by atoms with Gasteiger partial charge < -0.3 is 14.4 Å². The molecule has 1 atom stereocenters. The van der Waals surface area contributed by atoms with Crippen LogP contribution in [0.5, 0.6) is 0 Å². The molecular formula is C11H13NO5. The molecule has 0 spiro atoms. The molecule has 0 bridgehead atoms. The summed E-state index contributed by atoms with van der Waals surface area (Å²) in [6, 6.07) is 3.48. The second kappa shape index (κ2) is 5.01. The fraction of sp³-hybridized carbons (Fsp3) is 0.455. The van der Waals surface area contributed by atoms with Gasteiger partial charge in [0.1, 0.15) is 5.76 Å². The van der Waals surface area contributed by atoms with Crippen LogP contribution in [-0.2, 0) is 20.8 Å². The smallest absolute Gasteiger partial charge is 0.333 e. The standard InChI is InChI=1S/C11H13NO5/c13-9-4-5-10(14)12(9)17-11(15)6-3-8-2-1-7-16-8/h1-2,7,9,13H,3-6H2. The lowest BCUT2D eigenvalue weighted by molar-refractivity contribution is -0.220. The van der Waals surface area contributed by atoms with Gasteiger partial charge in [-0.05, 0) is 12.1 Å². The van der Waals surface area contributed by atoms with Crippen LogP contribution in [0.15, 0.2) is 22.8 Å². The Balaban J connectivity index is 1.79. The van der Waals surface area contributed by atoms with Crippen molar-refractivity contribution in [2.75, 3.05) is 0 Å². The van der Waals surface area contributed by atoms with E-state index in [0.717, 1.165) is 5.06 Å². The number of rotatable bonds is 4.